The van der Waals surface area contributed by atoms with Crippen LogP contribution in [0.3, 0.4) is 0 Å². The van der Waals surface area contributed by atoms with E-state index in [9.17, 15) is 4.79 Å². The second kappa shape index (κ2) is 8.75. The van der Waals surface area contributed by atoms with Gasteiger partial charge < -0.3 is 29.2 Å². The molecule has 0 unspecified atom stereocenters. The van der Waals surface area contributed by atoms with Gasteiger partial charge in [-0.15, -0.1) is 0 Å². The number of carbonyl (C=O) groups excluding carboxylic acids is 1. The summed E-state index contributed by atoms with van der Waals surface area (Å²) >= 11 is 0. The van der Waals surface area contributed by atoms with Crippen molar-refractivity contribution in [3.8, 4) is 0 Å². The second-order valence-corrected chi connectivity index (χ2v) is 7.39. The number of nitrogens with zero attached hydrogens (tertiary/aromatic N) is 4. The number of nitrogens with one attached hydrogen (secondary N) is 1. The minimum absolute atomic E-state index is 0.0450. The largest absolute Gasteiger partial charge is 0.459 e. The van der Waals surface area contributed by atoms with Crippen LogP contribution >= 0.6 is 0 Å². The summed E-state index contributed by atoms with van der Waals surface area (Å²) in [6.07, 6.45) is 3.55. The van der Waals surface area contributed by atoms with Gasteiger partial charge in [-0.3, -0.25) is 9.79 Å². The maximum atomic E-state index is 12.4. The Morgan fingerprint density at radius 3 is 2.44 bits per heavy atom. The minimum atomic E-state index is -0.0450. The molecule has 0 radical (unpaired) electrons. The van der Waals surface area contributed by atoms with Gasteiger partial charge in [0.25, 0.3) is 5.91 Å². The first-order chi connectivity index (χ1) is 13.1. The molecule has 3 heterocycles. The number of furan rings is 1. The molecule has 8 heteroatoms. The standard InChI is InChI=1S/C19H31N5O3/c1-20-18(21-15-19(22(2)3)6-13-26-14-7-19)24-10-8-23(9-11-24)17(25)16-5-4-12-27-16/h4-5,12H,6-11,13-15H2,1-3H3,(H,20,21). The Labute approximate surface area is 161 Å². The van der Waals surface area contributed by atoms with Crippen LogP contribution in [0, 0.1) is 0 Å². The summed E-state index contributed by atoms with van der Waals surface area (Å²) in [4.78, 5) is 23.2. The van der Waals surface area contributed by atoms with Crippen molar-refractivity contribution >= 4 is 11.9 Å². The summed E-state index contributed by atoms with van der Waals surface area (Å²) < 4.78 is 10.8. The Hall–Kier alpha value is -2.06. The van der Waals surface area contributed by atoms with Gasteiger partial charge in [-0.05, 0) is 39.1 Å². The molecule has 0 atom stereocenters. The molecular weight excluding hydrogens is 346 g/mol. The molecule has 0 bridgehead atoms. The van der Waals surface area contributed by atoms with Gasteiger partial charge in [-0.1, -0.05) is 0 Å². The van der Waals surface area contributed by atoms with Gasteiger partial charge in [-0.2, -0.15) is 0 Å². The zero-order valence-corrected chi connectivity index (χ0v) is 16.6. The highest BCUT2D eigenvalue weighted by atomic mass is 16.5. The molecule has 1 amide bonds. The number of guanidine groups is 1. The van der Waals surface area contributed by atoms with Gasteiger partial charge in [0, 0.05) is 58.5 Å². The molecule has 1 N–H and O–H groups in total. The Morgan fingerprint density at radius 2 is 1.89 bits per heavy atom. The van der Waals surface area contributed by atoms with Crippen LogP contribution in [0.25, 0.3) is 0 Å². The van der Waals surface area contributed by atoms with Crippen LogP contribution in [0.4, 0.5) is 0 Å². The predicted octanol–water partition coefficient (Wildman–Crippen LogP) is 0.724. The Kier molecular flexibility index (Phi) is 6.38. The minimum Gasteiger partial charge on any atom is -0.459 e. The summed E-state index contributed by atoms with van der Waals surface area (Å²) in [6.45, 7) is 5.26. The fourth-order valence-corrected chi connectivity index (χ4v) is 3.79. The highest BCUT2D eigenvalue weighted by molar-refractivity contribution is 5.91. The number of likely N-dealkylation sites (N-methyl/N-ethyl adjacent to an activating group) is 1. The predicted molar refractivity (Wildman–Crippen MR) is 104 cm³/mol. The molecule has 1 aromatic rings. The second-order valence-electron chi connectivity index (χ2n) is 7.39. The average Bonchev–Trinajstić information content (AvgIpc) is 3.24. The van der Waals surface area contributed by atoms with Crippen molar-refractivity contribution in [3.05, 3.63) is 24.2 Å². The van der Waals surface area contributed by atoms with Crippen molar-refractivity contribution in [2.75, 3.05) is 67.1 Å². The number of ether oxygens (including phenoxy) is 1. The zero-order valence-electron chi connectivity index (χ0n) is 16.6. The van der Waals surface area contributed by atoms with Gasteiger partial charge in [0.1, 0.15) is 0 Å². The first kappa shape index (κ1) is 19.7. The van der Waals surface area contributed by atoms with E-state index in [0.717, 1.165) is 51.6 Å². The Morgan fingerprint density at radius 1 is 1.22 bits per heavy atom. The van der Waals surface area contributed by atoms with Crippen molar-refractivity contribution in [3.63, 3.8) is 0 Å². The van der Waals surface area contributed by atoms with E-state index in [1.54, 1.807) is 12.1 Å². The van der Waals surface area contributed by atoms with E-state index in [4.69, 9.17) is 9.15 Å². The van der Waals surface area contributed by atoms with Crippen LogP contribution in [0.15, 0.2) is 27.8 Å². The first-order valence-corrected chi connectivity index (χ1v) is 9.59. The number of hydrogen-bond acceptors (Lipinski definition) is 5. The molecule has 3 rings (SSSR count). The molecule has 0 aliphatic carbocycles. The molecule has 0 spiro atoms. The van der Waals surface area contributed by atoms with E-state index in [2.05, 4.69) is 34.2 Å². The lowest BCUT2D eigenvalue weighted by atomic mass is 9.88. The van der Waals surface area contributed by atoms with Gasteiger partial charge in [0.15, 0.2) is 11.7 Å². The number of amides is 1. The average molecular weight is 377 g/mol. The quantitative estimate of drug-likeness (QED) is 0.616. The van der Waals surface area contributed by atoms with Crippen molar-refractivity contribution in [2.24, 2.45) is 4.99 Å². The first-order valence-electron chi connectivity index (χ1n) is 9.59. The van der Waals surface area contributed by atoms with E-state index >= 15 is 0 Å². The Balaban J connectivity index is 1.54. The molecule has 1 aromatic heterocycles. The highest BCUT2D eigenvalue weighted by Gasteiger charge is 2.35. The van der Waals surface area contributed by atoms with Crippen molar-refractivity contribution in [1.82, 2.24) is 20.0 Å². The lowest BCUT2D eigenvalue weighted by Gasteiger charge is -2.44. The lowest BCUT2D eigenvalue weighted by Crippen LogP contribution is -2.59. The van der Waals surface area contributed by atoms with Crippen molar-refractivity contribution < 1.29 is 13.9 Å². The third kappa shape index (κ3) is 4.44. The van der Waals surface area contributed by atoms with E-state index in [1.165, 1.54) is 6.26 Å². The van der Waals surface area contributed by atoms with E-state index in [1.807, 2.05) is 11.9 Å². The third-order valence-corrected chi connectivity index (χ3v) is 5.76. The molecule has 2 fully saturated rings. The molecule has 150 valence electrons. The van der Waals surface area contributed by atoms with Crippen molar-refractivity contribution in [2.45, 2.75) is 18.4 Å². The smallest absolute Gasteiger partial charge is 0.289 e. The third-order valence-electron chi connectivity index (χ3n) is 5.76. The summed E-state index contributed by atoms with van der Waals surface area (Å²) in [5.41, 5.74) is 0.0886. The normalized spacial score (nSPS) is 20.8. The van der Waals surface area contributed by atoms with Gasteiger partial charge in [0.2, 0.25) is 0 Å². The molecule has 0 aromatic carbocycles. The van der Waals surface area contributed by atoms with E-state index < -0.39 is 0 Å². The van der Waals surface area contributed by atoms with Crippen LogP contribution < -0.4 is 5.32 Å². The fourth-order valence-electron chi connectivity index (χ4n) is 3.79. The summed E-state index contributed by atoms with van der Waals surface area (Å²) in [5.74, 6) is 1.25. The molecule has 27 heavy (non-hydrogen) atoms. The SMILES string of the molecule is CN=C(NCC1(N(C)C)CCOCC1)N1CCN(C(=O)c2ccco2)CC1. The number of piperazine rings is 1. The van der Waals surface area contributed by atoms with E-state index in [-0.39, 0.29) is 11.4 Å². The van der Waals surface area contributed by atoms with Gasteiger partial charge in [0.05, 0.1) is 6.26 Å². The van der Waals surface area contributed by atoms with Crippen LogP contribution in [-0.2, 0) is 4.74 Å². The number of rotatable bonds is 4. The summed E-state index contributed by atoms with van der Waals surface area (Å²) in [7, 11) is 6.08. The molecule has 2 aliphatic heterocycles. The molecule has 8 nitrogen and oxygen atoms in total. The molecule has 2 saturated heterocycles. The topological polar surface area (TPSA) is 73.6 Å². The monoisotopic (exact) mass is 377 g/mol. The van der Waals surface area contributed by atoms with Gasteiger partial charge >= 0.3 is 0 Å². The Bertz CT molecular complexity index is 630. The highest BCUT2D eigenvalue weighted by Crippen LogP contribution is 2.25. The van der Waals surface area contributed by atoms with Gasteiger partial charge in [-0.25, -0.2) is 0 Å². The lowest BCUT2D eigenvalue weighted by molar-refractivity contribution is -0.00533. The fraction of sp³-hybridized carbons (Fsp3) is 0.684. The van der Waals surface area contributed by atoms with Crippen molar-refractivity contribution in [1.29, 1.82) is 0 Å². The number of aliphatic imine (C=N–C) groups is 1. The van der Waals surface area contributed by atoms with E-state index in [0.29, 0.717) is 18.8 Å². The molecule has 0 saturated carbocycles. The van der Waals surface area contributed by atoms with Crippen LogP contribution in [0.5, 0.6) is 0 Å². The number of carbonyl (C=O) groups is 1. The molecule has 2 aliphatic rings. The zero-order chi connectivity index (χ0) is 19.3. The summed E-state index contributed by atoms with van der Waals surface area (Å²) in [5, 5.41) is 3.56. The molecular formula is C19H31N5O3. The summed E-state index contributed by atoms with van der Waals surface area (Å²) in [6, 6.07) is 3.45. The maximum Gasteiger partial charge on any atom is 0.289 e. The van der Waals surface area contributed by atoms with Crippen LogP contribution in [0.2, 0.25) is 0 Å². The number of hydrogen-bond donors (Lipinski definition) is 1. The maximum absolute atomic E-state index is 12.4. The van der Waals surface area contributed by atoms with Crippen LogP contribution in [-0.4, -0.2) is 99.2 Å². The van der Waals surface area contributed by atoms with Crippen LogP contribution in [0.1, 0.15) is 23.4 Å².